The molecule has 1 heterocycles. The number of nitrogens with zero attached hydrogens (tertiary/aromatic N) is 3. The van der Waals surface area contributed by atoms with Crippen molar-refractivity contribution in [3.63, 3.8) is 0 Å². The second-order valence-electron chi connectivity index (χ2n) is 5.43. The van der Waals surface area contributed by atoms with Crippen LogP contribution < -0.4 is 5.43 Å². The van der Waals surface area contributed by atoms with Crippen LogP contribution in [0.1, 0.15) is 18.2 Å². The molecule has 0 aliphatic rings. The van der Waals surface area contributed by atoms with Gasteiger partial charge in [0.25, 0.3) is 5.69 Å². The zero-order valence-corrected chi connectivity index (χ0v) is 13.6. The van der Waals surface area contributed by atoms with Crippen molar-refractivity contribution in [3.8, 4) is 0 Å². The van der Waals surface area contributed by atoms with Crippen molar-refractivity contribution in [1.29, 1.82) is 0 Å². The van der Waals surface area contributed by atoms with Crippen LogP contribution in [0.4, 0.5) is 11.4 Å². The van der Waals surface area contributed by atoms with Gasteiger partial charge in [-0.25, -0.2) is 0 Å². The van der Waals surface area contributed by atoms with Gasteiger partial charge in [0.2, 0.25) is 0 Å². The number of rotatable bonds is 5. The maximum absolute atomic E-state index is 10.7. The first-order valence-electron chi connectivity index (χ1n) is 7.73. The smallest absolute Gasteiger partial charge is 0.269 e. The molecule has 0 radical (unpaired) electrons. The van der Waals surface area contributed by atoms with Crippen LogP contribution in [0.15, 0.2) is 53.6 Å². The van der Waals surface area contributed by atoms with Gasteiger partial charge in [0.1, 0.15) is 0 Å². The van der Waals surface area contributed by atoms with Gasteiger partial charge in [-0.15, -0.1) is 0 Å². The van der Waals surface area contributed by atoms with Crippen molar-refractivity contribution in [2.24, 2.45) is 5.10 Å². The molecule has 6 heteroatoms. The molecule has 6 nitrogen and oxygen atoms in total. The lowest BCUT2D eigenvalue weighted by atomic mass is 10.1. The van der Waals surface area contributed by atoms with Crippen LogP contribution in [0, 0.1) is 17.0 Å². The average molecular weight is 322 g/mol. The van der Waals surface area contributed by atoms with Crippen molar-refractivity contribution in [2.75, 3.05) is 5.43 Å². The van der Waals surface area contributed by atoms with Gasteiger partial charge in [-0.05, 0) is 32.0 Å². The maximum Gasteiger partial charge on any atom is 0.269 e. The molecule has 2 aromatic carbocycles. The third-order valence-electron chi connectivity index (χ3n) is 4.06. The van der Waals surface area contributed by atoms with Gasteiger partial charge in [0.05, 0.1) is 16.8 Å². The van der Waals surface area contributed by atoms with E-state index < -0.39 is 4.92 Å². The minimum atomic E-state index is -0.421. The van der Waals surface area contributed by atoms with Crippen LogP contribution in [0.2, 0.25) is 0 Å². The van der Waals surface area contributed by atoms with Crippen molar-refractivity contribution in [1.82, 2.24) is 4.57 Å². The molecule has 0 aliphatic heterocycles. The van der Waals surface area contributed by atoms with E-state index >= 15 is 0 Å². The fourth-order valence-corrected chi connectivity index (χ4v) is 2.86. The topological polar surface area (TPSA) is 72.5 Å². The van der Waals surface area contributed by atoms with E-state index in [9.17, 15) is 10.1 Å². The Balaban J connectivity index is 1.86. The van der Waals surface area contributed by atoms with E-state index in [0.717, 1.165) is 23.2 Å². The van der Waals surface area contributed by atoms with Gasteiger partial charge in [-0.3, -0.25) is 15.5 Å². The minimum absolute atomic E-state index is 0.0615. The lowest BCUT2D eigenvalue weighted by Gasteiger charge is -2.03. The molecule has 1 N–H and O–H groups in total. The number of para-hydroxylation sites is 1. The summed E-state index contributed by atoms with van der Waals surface area (Å²) in [5, 5.41) is 16.1. The summed E-state index contributed by atoms with van der Waals surface area (Å²) in [4.78, 5) is 10.2. The zero-order valence-electron chi connectivity index (χ0n) is 13.6. The average Bonchev–Trinajstić information content (AvgIpc) is 2.87. The number of hydrazone groups is 1. The van der Waals surface area contributed by atoms with Crippen molar-refractivity contribution in [3.05, 3.63) is 69.9 Å². The van der Waals surface area contributed by atoms with Crippen LogP contribution in [0.5, 0.6) is 0 Å². The second kappa shape index (κ2) is 6.54. The van der Waals surface area contributed by atoms with E-state index in [-0.39, 0.29) is 5.69 Å². The van der Waals surface area contributed by atoms with Crippen LogP contribution in [0.25, 0.3) is 10.9 Å². The van der Waals surface area contributed by atoms with Gasteiger partial charge in [0, 0.05) is 40.8 Å². The summed E-state index contributed by atoms with van der Waals surface area (Å²) in [7, 11) is 0. The Hall–Kier alpha value is -3.15. The van der Waals surface area contributed by atoms with Gasteiger partial charge < -0.3 is 4.57 Å². The summed E-state index contributed by atoms with van der Waals surface area (Å²) in [6.45, 7) is 5.10. The number of aryl methyl sites for hydroxylation is 1. The van der Waals surface area contributed by atoms with Crippen molar-refractivity contribution in [2.45, 2.75) is 20.4 Å². The molecule has 0 saturated carbocycles. The SMILES string of the molecule is CCn1c(C)c(/C=N\Nc2ccc([N+](=O)[O-])cc2)c2ccccc21. The zero-order chi connectivity index (χ0) is 17.1. The first-order chi connectivity index (χ1) is 11.6. The molecule has 0 unspecified atom stereocenters. The number of fused-ring (bicyclic) bond motifs is 1. The minimum Gasteiger partial charge on any atom is -0.344 e. The van der Waals surface area contributed by atoms with E-state index in [1.54, 1.807) is 18.3 Å². The van der Waals surface area contributed by atoms with E-state index in [0.29, 0.717) is 5.69 Å². The number of nitro benzene ring substituents is 1. The number of benzene rings is 2. The van der Waals surface area contributed by atoms with Crippen molar-refractivity contribution >= 4 is 28.5 Å². The molecule has 3 aromatic rings. The standard InChI is InChI=1S/C18H18N4O2/c1-3-21-13(2)17(16-6-4-5-7-18(16)21)12-19-20-14-8-10-15(11-9-14)22(23)24/h4-12,20H,3H2,1-2H3/b19-12-. The Labute approximate surface area is 139 Å². The highest BCUT2D eigenvalue weighted by atomic mass is 16.6. The van der Waals surface area contributed by atoms with E-state index in [4.69, 9.17) is 0 Å². The highest BCUT2D eigenvalue weighted by molar-refractivity contribution is 6.01. The predicted octanol–water partition coefficient (Wildman–Crippen LogP) is 4.32. The molecule has 0 saturated heterocycles. The fourth-order valence-electron chi connectivity index (χ4n) is 2.86. The quantitative estimate of drug-likeness (QED) is 0.432. The molecule has 0 aliphatic carbocycles. The summed E-state index contributed by atoms with van der Waals surface area (Å²) in [5.74, 6) is 0. The number of nitrogens with one attached hydrogen (secondary N) is 1. The number of nitro groups is 1. The summed E-state index contributed by atoms with van der Waals surface area (Å²) in [6.07, 6.45) is 1.80. The second-order valence-corrected chi connectivity index (χ2v) is 5.43. The Morgan fingerprint density at radius 1 is 1.21 bits per heavy atom. The maximum atomic E-state index is 10.7. The summed E-state index contributed by atoms with van der Waals surface area (Å²) >= 11 is 0. The molecule has 0 spiro atoms. The first-order valence-corrected chi connectivity index (χ1v) is 7.73. The van der Waals surface area contributed by atoms with Crippen LogP contribution >= 0.6 is 0 Å². The number of hydrogen-bond acceptors (Lipinski definition) is 4. The van der Waals surface area contributed by atoms with Gasteiger partial charge >= 0.3 is 0 Å². The van der Waals surface area contributed by atoms with E-state index in [1.165, 1.54) is 17.6 Å². The number of non-ortho nitro benzene ring substituents is 1. The number of hydrogen-bond donors (Lipinski definition) is 1. The summed E-state index contributed by atoms with van der Waals surface area (Å²) < 4.78 is 2.25. The molecule has 24 heavy (non-hydrogen) atoms. The fraction of sp³-hybridized carbons (Fsp3) is 0.167. The molecular weight excluding hydrogens is 304 g/mol. The Kier molecular flexibility index (Phi) is 4.29. The van der Waals surface area contributed by atoms with Crippen LogP contribution in [0.3, 0.4) is 0 Å². The predicted molar refractivity (Wildman–Crippen MR) is 96.7 cm³/mol. The van der Waals surface area contributed by atoms with E-state index in [1.807, 2.05) is 12.1 Å². The third kappa shape index (κ3) is 2.86. The highest BCUT2D eigenvalue weighted by Gasteiger charge is 2.10. The molecule has 1 aromatic heterocycles. The van der Waals surface area contributed by atoms with Gasteiger partial charge in [-0.2, -0.15) is 5.10 Å². The summed E-state index contributed by atoms with van der Waals surface area (Å²) in [6, 6.07) is 14.4. The van der Waals surface area contributed by atoms with E-state index in [2.05, 4.69) is 41.1 Å². The van der Waals surface area contributed by atoms with Crippen molar-refractivity contribution < 1.29 is 4.92 Å². The highest BCUT2D eigenvalue weighted by Crippen LogP contribution is 2.24. The number of anilines is 1. The number of aromatic nitrogens is 1. The molecular formula is C18H18N4O2. The summed E-state index contributed by atoms with van der Waals surface area (Å²) in [5.41, 5.74) is 7.10. The lowest BCUT2D eigenvalue weighted by Crippen LogP contribution is -1.97. The molecule has 0 amide bonds. The third-order valence-corrected chi connectivity index (χ3v) is 4.06. The first kappa shape index (κ1) is 15.7. The molecule has 3 rings (SSSR count). The van der Waals surface area contributed by atoms with Gasteiger partial charge in [0.15, 0.2) is 0 Å². The molecule has 122 valence electrons. The van der Waals surface area contributed by atoms with Crippen LogP contribution in [-0.2, 0) is 6.54 Å². The lowest BCUT2D eigenvalue weighted by molar-refractivity contribution is -0.384. The largest absolute Gasteiger partial charge is 0.344 e. The Morgan fingerprint density at radius 2 is 1.92 bits per heavy atom. The molecule has 0 atom stereocenters. The monoisotopic (exact) mass is 322 g/mol. The normalized spacial score (nSPS) is 11.2. The van der Waals surface area contributed by atoms with Gasteiger partial charge in [-0.1, -0.05) is 18.2 Å². The molecule has 0 fully saturated rings. The molecule has 0 bridgehead atoms. The Morgan fingerprint density at radius 3 is 2.58 bits per heavy atom. The van der Waals surface area contributed by atoms with Crippen LogP contribution in [-0.4, -0.2) is 15.7 Å². The Bertz CT molecular complexity index is 911.